The third-order valence-corrected chi connectivity index (χ3v) is 2.43. The summed E-state index contributed by atoms with van der Waals surface area (Å²) in [6, 6.07) is 7.49. The van der Waals surface area contributed by atoms with Crippen molar-refractivity contribution in [3.63, 3.8) is 0 Å². The van der Waals surface area contributed by atoms with Gasteiger partial charge in [0.1, 0.15) is 5.75 Å². The van der Waals surface area contributed by atoms with Gasteiger partial charge in [0.15, 0.2) is 0 Å². The lowest BCUT2D eigenvalue weighted by Gasteiger charge is -2.13. The van der Waals surface area contributed by atoms with Crippen LogP contribution in [0.5, 0.6) is 5.75 Å². The molecule has 0 spiro atoms. The number of carbonyl (C=O) groups is 1. The summed E-state index contributed by atoms with van der Waals surface area (Å²) in [6.07, 6.45) is 2.65. The molecule has 0 amide bonds. The van der Waals surface area contributed by atoms with Crippen molar-refractivity contribution in [1.29, 1.82) is 0 Å². The molecule has 0 aliphatic rings. The predicted octanol–water partition coefficient (Wildman–Crippen LogP) is 3.56. The minimum Gasteiger partial charge on any atom is -0.491 e. The Hall–Kier alpha value is -1.02. The van der Waals surface area contributed by atoms with Gasteiger partial charge in [0.05, 0.1) is 6.10 Å². The van der Waals surface area contributed by atoms with E-state index in [4.69, 9.17) is 16.3 Å². The lowest BCUT2D eigenvalue weighted by atomic mass is 10.1. The molecule has 0 aliphatic heterocycles. The molecular weight excluding hydrogens is 224 g/mol. The van der Waals surface area contributed by atoms with Gasteiger partial charge < -0.3 is 4.74 Å². The van der Waals surface area contributed by atoms with Gasteiger partial charge in [0, 0.05) is 6.42 Å². The standard InChI is InChI=1S/C13H17ClO2/c1-3-4-10(2)16-12-7-5-11(6-8-12)9-13(14)15/h5-8,10H,3-4,9H2,1-2H3. The third kappa shape index (κ3) is 4.67. The molecule has 1 aromatic carbocycles. The zero-order valence-corrected chi connectivity index (χ0v) is 10.5. The Balaban J connectivity index is 2.54. The van der Waals surface area contributed by atoms with Gasteiger partial charge in [0.25, 0.3) is 0 Å². The van der Waals surface area contributed by atoms with E-state index in [9.17, 15) is 4.79 Å². The first-order valence-electron chi connectivity index (χ1n) is 5.55. The van der Waals surface area contributed by atoms with Crippen LogP contribution in [-0.2, 0) is 11.2 Å². The van der Waals surface area contributed by atoms with Crippen LogP contribution < -0.4 is 4.74 Å². The van der Waals surface area contributed by atoms with E-state index >= 15 is 0 Å². The highest BCUT2D eigenvalue weighted by Crippen LogP contribution is 2.16. The lowest BCUT2D eigenvalue weighted by Crippen LogP contribution is -2.10. The van der Waals surface area contributed by atoms with E-state index in [0.717, 1.165) is 24.2 Å². The first-order chi connectivity index (χ1) is 7.61. The topological polar surface area (TPSA) is 26.3 Å². The van der Waals surface area contributed by atoms with E-state index in [-0.39, 0.29) is 17.8 Å². The summed E-state index contributed by atoms with van der Waals surface area (Å²) in [5, 5.41) is -0.340. The van der Waals surface area contributed by atoms with Crippen LogP contribution in [-0.4, -0.2) is 11.3 Å². The first-order valence-corrected chi connectivity index (χ1v) is 5.93. The summed E-state index contributed by atoms with van der Waals surface area (Å²) >= 11 is 5.31. The van der Waals surface area contributed by atoms with Gasteiger partial charge in [-0.3, -0.25) is 4.79 Å². The maximum Gasteiger partial charge on any atom is 0.226 e. The highest BCUT2D eigenvalue weighted by Gasteiger charge is 2.03. The molecule has 0 N–H and O–H groups in total. The van der Waals surface area contributed by atoms with Gasteiger partial charge in [-0.2, -0.15) is 0 Å². The van der Waals surface area contributed by atoms with Crippen LogP contribution in [0.1, 0.15) is 32.3 Å². The fourth-order valence-corrected chi connectivity index (χ4v) is 1.70. The van der Waals surface area contributed by atoms with E-state index in [2.05, 4.69) is 13.8 Å². The van der Waals surface area contributed by atoms with Gasteiger partial charge in [-0.05, 0) is 42.6 Å². The zero-order valence-electron chi connectivity index (χ0n) is 9.70. The van der Waals surface area contributed by atoms with E-state index in [0.29, 0.717) is 0 Å². The van der Waals surface area contributed by atoms with E-state index in [1.807, 2.05) is 24.3 Å². The van der Waals surface area contributed by atoms with Gasteiger partial charge in [-0.15, -0.1) is 0 Å². The Bertz CT molecular complexity index is 332. The summed E-state index contributed by atoms with van der Waals surface area (Å²) in [5.41, 5.74) is 0.912. The Morgan fingerprint density at radius 1 is 1.38 bits per heavy atom. The molecule has 0 aromatic heterocycles. The van der Waals surface area contributed by atoms with Crippen molar-refractivity contribution in [2.24, 2.45) is 0 Å². The molecule has 0 saturated heterocycles. The molecule has 1 rings (SSSR count). The van der Waals surface area contributed by atoms with E-state index < -0.39 is 0 Å². The van der Waals surface area contributed by atoms with Crippen molar-refractivity contribution in [1.82, 2.24) is 0 Å². The smallest absolute Gasteiger partial charge is 0.226 e. The fraction of sp³-hybridized carbons (Fsp3) is 0.462. The SMILES string of the molecule is CCCC(C)Oc1ccc(CC(=O)Cl)cc1. The molecule has 2 nitrogen and oxygen atoms in total. The highest BCUT2D eigenvalue weighted by molar-refractivity contribution is 6.63. The number of hydrogen-bond donors (Lipinski definition) is 0. The number of halogens is 1. The lowest BCUT2D eigenvalue weighted by molar-refractivity contribution is -0.111. The van der Waals surface area contributed by atoms with Crippen LogP contribution in [0.4, 0.5) is 0 Å². The summed E-state index contributed by atoms with van der Waals surface area (Å²) < 4.78 is 5.70. The molecule has 0 aliphatic carbocycles. The maximum atomic E-state index is 10.7. The number of ether oxygens (including phenoxy) is 1. The second-order valence-corrected chi connectivity index (χ2v) is 4.31. The number of benzene rings is 1. The van der Waals surface area contributed by atoms with Crippen LogP contribution in [0, 0.1) is 0 Å². The zero-order chi connectivity index (χ0) is 12.0. The highest BCUT2D eigenvalue weighted by atomic mass is 35.5. The van der Waals surface area contributed by atoms with Crippen LogP contribution in [0.2, 0.25) is 0 Å². The van der Waals surface area contributed by atoms with Crippen molar-refractivity contribution in [2.45, 2.75) is 39.2 Å². The Kier molecular flexibility index (Phi) is 5.33. The van der Waals surface area contributed by atoms with Crippen LogP contribution in [0.3, 0.4) is 0 Å². The predicted molar refractivity (Wildman–Crippen MR) is 66.0 cm³/mol. The second-order valence-electron chi connectivity index (χ2n) is 3.89. The first kappa shape index (κ1) is 13.0. The molecule has 3 heteroatoms. The number of carbonyl (C=O) groups excluding carboxylic acids is 1. The molecular formula is C13H17ClO2. The molecule has 0 bridgehead atoms. The molecule has 0 heterocycles. The van der Waals surface area contributed by atoms with E-state index in [1.54, 1.807) is 0 Å². The van der Waals surface area contributed by atoms with Crippen molar-refractivity contribution >= 4 is 16.8 Å². The van der Waals surface area contributed by atoms with Crippen molar-refractivity contribution < 1.29 is 9.53 Å². The summed E-state index contributed by atoms with van der Waals surface area (Å²) in [5.74, 6) is 0.840. The minimum atomic E-state index is -0.340. The Labute approximate surface area is 102 Å². The number of rotatable bonds is 6. The second kappa shape index (κ2) is 6.54. The van der Waals surface area contributed by atoms with Gasteiger partial charge in [0.2, 0.25) is 5.24 Å². The average Bonchev–Trinajstić information content (AvgIpc) is 2.20. The van der Waals surface area contributed by atoms with Gasteiger partial charge in [-0.25, -0.2) is 0 Å². The van der Waals surface area contributed by atoms with Crippen molar-refractivity contribution in [3.8, 4) is 5.75 Å². The van der Waals surface area contributed by atoms with Crippen molar-refractivity contribution in [3.05, 3.63) is 29.8 Å². The molecule has 88 valence electrons. The van der Waals surface area contributed by atoms with Crippen molar-refractivity contribution in [2.75, 3.05) is 0 Å². The Morgan fingerprint density at radius 2 is 2.00 bits per heavy atom. The largest absolute Gasteiger partial charge is 0.491 e. The summed E-state index contributed by atoms with van der Waals surface area (Å²) in [4.78, 5) is 10.7. The molecule has 0 fully saturated rings. The van der Waals surface area contributed by atoms with Crippen LogP contribution in [0.25, 0.3) is 0 Å². The van der Waals surface area contributed by atoms with Gasteiger partial charge in [-0.1, -0.05) is 25.5 Å². The normalized spacial score (nSPS) is 12.2. The summed E-state index contributed by atoms with van der Waals surface area (Å²) in [7, 11) is 0. The average molecular weight is 241 g/mol. The van der Waals surface area contributed by atoms with Gasteiger partial charge >= 0.3 is 0 Å². The fourth-order valence-electron chi connectivity index (χ4n) is 1.54. The molecule has 1 atom stereocenters. The third-order valence-electron chi connectivity index (χ3n) is 2.30. The molecule has 1 unspecified atom stereocenters. The molecule has 1 aromatic rings. The van der Waals surface area contributed by atoms with Crippen LogP contribution in [0.15, 0.2) is 24.3 Å². The minimum absolute atomic E-state index is 0.227. The molecule has 0 radical (unpaired) electrons. The number of hydrogen-bond acceptors (Lipinski definition) is 2. The van der Waals surface area contributed by atoms with Crippen LogP contribution >= 0.6 is 11.6 Å². The monoisotopic (exact) mass is 240 g/mol. The quantitative estimate of drug-likeness (QED) is 0.711. The molecule has 0 saturated carbocycles. The Morgan fingerprint density at radius 3 is 2.50 bits per heavy atom. The van der Waals surface area contributed by atoms with E-state index in [1.165, 1.54) is 0 Å². The molecule has 16 heavy (non-hydrogen) atoms. The summed E-state index contributed by atoms with van der Waals surface area (Å²) in [6.45, 7) is 4.19. The maximum absolute atomic E-state index is 10.7.